The first kappa shape index (κ1) is 19.6. The third-order valence-corrected chi connectivity index (χ3v) is 6.53. The van der Waals surface area contributed by atoms with E-state index in [2.05, 4.69) is 72.8 Å². The second-order valence-electron chi connectivity index (χ2n) is 8.42. The van der Waals surface area contributed by atoms with Crippen molar-refractivity contribution in [3.05, 3.63) is 119 Å². The summed E-state index contributed by atoms with van der Waals surface area (Å²) in [5.74, 6) is 0.896. The average Bonchev–Trinajstić information content (AvgIpc) is 2.87. The Morgan fingerprint density at radius 1 is 0.879 bits per heavy atom. The number of allylic oxidation sites excluding steroid dienone is 3. The van der Waals surface area contributed by atoms with Gasteiger partial charge in [-0.05, 0) is 63.2 Å². The number of rotatable bonds is 2. The lowest BCUT2D eigenvalue weighted by molar-refractivity contribution is -0.135. The number of hydrogen-bond donors (Lipinski definition) is 0. The summed E-state index contributed by atoms with van der Waals surface area (Å²) in [7, 11) is 1.38. The molecule has 1 aliphatic carbocycles. The van der Waals surface area contributed by atoms with Crippen LogP contribution in [0.2, 0.25) is 0 Å². The Morgan fingerprint density at radius 2 is 1.67 bits per heavy atom. The van der Waals surface area contributed by atoms with Gasteiger partial charge in [-0.3, -0.25) is 0 Å². The molecule has 3 nitrogen and oxygen atoms in total. The third-order valence-electron chi connectivity index (χ3n) is 6.53. The van der Waals surface area contributed by atoms with E-state index in [1.807, 2.05) is 12.1 Å². The molecule has 0 amide bonds. The van der Waals surface area contributed by atoms with Crippen LogP contribution in [-0.4, -0.2) is 13.1 Å². The lowest BCUT2D eigenvalue weighted by atomic mass is 9.82. The number of ether oxygens (including phenoxy) is 2. The maximum Gasteiger partial charge on any atom is 0.334 e. The van der Waals surface area contributed by atoms with Gasteiger partial charge in [-0.1, -0.05) is 72.8 Å². The van der Waals surface area contributed by atoms with E-state index in [1.54, 1.807) is 0 Å². The molecule has 3 heteroatoms. The first-order valence-electron chi connectivity index (χ1n) is 11.1. The minimum absolute atomic E-state index is 0.432. The minimum atomic E-state index is -0.432. The molecule has 0 saturated carbocycles. The molecule has 0 aromatic heterocycles. The number of carbonyl (C=O) groups excluding carboxylic acids is 1. The fourth-order valence-electron chi connectivity index (χ4n) is 4.93. The van der Waals surface area contributed by atoms with E-state index in [-0.39, 0.29) is 0 Å². The molecule has 0 N–H and O–H groups in total. The molecule has 0 saturated heterocycles. The zero-order valence-electron chi connectivity index (χ0n) is 18.3. The van der Waals surface area contributed by atoms with Crippen molar-refractivity contribution >= 4 is 38.8 Å². The predicted octanol–water partition coefficient (Wildman–Crippen LogP) is 6.82. The van der Waals surface area contributed by atoms with Crippen molar-refractivity contribution < 1.29 is 14.3 Å². The van der Waals surface area contributed by atoms with Crippen LogP contribution in [-0.2, 0) is 20.7 Å². The molecule has 33 heavy (non-hydrogen) atoms. The molecule has 1 aliphatic heterocycles. The second kappa shape index (κ2) is 7.79. The summed E-state index contributed by atoms with van der Waals surface area (Å²) in [6.07, 6.45) is 5.23. The molecule has 0 fully saturated rings. The van der Waals surface area contributed by atoms with Gasteiger partial charge in [0.1, 0.15) is 11.5 Å². The number of carbonyl (C=O) groups is 1. The van der Waals surface area contributed by atoms with Crippen molar-refractivity contribution in [1.29, 1.82) is 0 Å². The van der Waals surface area contributed by atoms with Crippen molar-refractivity contribution in [2.45, 2.75) is 12.8 Å². The molecular formula is C30H22O3. The van der Waals surface area contributed by atoms with Crippen molar-refractivity contribution in [3.63, 3.8) is 0 Å². The summed E-state index contributed by atoms with van der Waals surface area (Å²) in [5, 5.41) is 4.91. The van der Waals surface area contributed by atoms with Gasteiger partial charge in [-0.15, -0.1) is 0 Å². The Balaban J connectivity index is 1.55. The number of fused-ring (bicyclic) bond motifs is 5. The van der Waals surface area contributed by atoms with E-state index in [0.29, 0.717) is 5.76 Å². The summed E-state index contributed by atoms with van der Waals surface area (Å²) in [5.41, 5.74) is 5.74. The van der Waals surface area contributed by atoms with Gasteiger partial charge in [0.2, 0.25) is 0 Å². The molecule has 0 unspecified atom stereocenters. The van der Waals surface area contributed by atoms with Gasteiger partial charge in [0.25, 0.3) is 0 Å². The quantitative estimate of drug-likeness (QED) is 0.199. The normalized spacial score (nSPS) is 16.3. The molecule has 0 bridgehead atoms. The third kappa shape index (κ3) is 3.33. The molecule has 160 valence electrons. The number of hydrogen-bond acceptors (Lipinski definition) is 3. The Bertz CT molecular complexity index is 1540. The monoisotopic (exact) mass is 430 g/mol. The van der Waals surface area contributed by atoms with Crippen LogP contribution in [0.1, 0.15) is 23.1 Å². The fraction of sp³-hybridized carbons (Fsp3) is 0.100. The van der Waals surface area contributed by atoms with Crippen LogP contribution in [0.25, 0.3) is 32.9 Å². The van der Waals surface area contributed by atoms with Crippen LogP contribution >= 0.6 is 0 Å². The van der Waals surface area contributed by atoms with E-state index in [9.17, 15) is 4.79 Å². The van der Waals surface area contributed by atoms with Gasteiger partial charge in [0, 0.05) is 11.1 Å². The largest absolute Gasteiger partial charge is 0.466 e. The van der Waals surface area contributed by atoms with Gasteiger partial charge in [-0.2, -0.15) is 0 Å². The highest BCUT2D eigenvalue weighted by molar-refractivity contribution is 6.08. The van der Waals surface area contributed by atoms with Crippen LogP contribution in [0.3, 0.4) is 0 Å². The number of methoxy groups -OCH3 is 1. The van der Waals surface area contributed by atoms with Crippen LogP contribution in [0.15, 0.2) is 102 Å². The highest BCUT2D eigenvalue weighted by Crippen LogP contribution is 2.44. The first-order chi connectivity index (χ1) is 16.2. The van der Waals surface area contributed by atoms with Crippen LogP contribution in [0.5, 0.6) is 0 Å². The van der Waals surface area contributed by atoms with Crippen molar-refractivity contribution in [3.8, 4) is 0 Å². The molecule has 0 atom stereocenters. The summed E-state index contributed by atoms with van der Waals surface area (Å²) in [4.78, 5) is 12.0. The molecule has 6 rings (SSSR count). The minimum Gasteiger partial charge on any atom is -0.466 e. The molecule has 1 heterocycles. The summed E-state index contributed by atoms with van der Waals surface area (Å²) >= 11 is 0. The SMILES string of the molecule is COC(=O)/C=C1/C=C(c2ccc3c(ccc4ccccc43)c2)C2=C(O1)c1ccccc1CC2. The fourth-order valence-corrected chi connectivity index (χ4v) is 4.93. The lowest BCUT2D eigenvalue weighted by Crippen LogP contribution is -2.13. The van der Waals surface area contributed by atoms with E-state index < -0.39 is 5.97 Å². The highest BCUT2D eigenvalue weighted by atomic mass is 16.5. The van der Waals surface area contributed by atoms with Gasteiger partial charge in [0.15, 0.2) is 0 Å². The molecular weight excluding hydrogens is 408 g/mol. The first-order valence-corrected chi connectivity index (χ1v) is 11.1. The topological polar surface area (TPSA) is 35.5 Å². The van der Waals surface area contributed by atoms with E-state index in [0.717, 1.165) is 35.3 Å². The summed E-state index contributed by atoms with van der Waals surface area (Å²) in [6, 6.07) is 27.7. The van der Waals surface area contributed by atoms with Crippen LogP contribution in [0.4, 0.5) is 0 Å². The number of benzene rings is 4. The molecule has 0 radical (unpaired) electrons. The molecule has 2 aliphatic rings. The van der Waals surface area contributed by atoms with Crippen molar-refractivity contribution in [1.82, 2.24) is 0 Å². The summed E-state index contributed by atoms with van der Waals surface area (Å²) in [6.45, 7) is 0. The predicted molar refractivity (Wildman–Crippen MR) is 132 cm³/mol. The second-order valence-corrected chi connectivity index (χ2v) is 8.42. The maximum absolute atomic E-state index is 12.0. The van der Waals surface area contributed by atoms with Gasteiger partial charge in [0.05, 0.1) is 13.2 Å². The van der Waals surface area contributed by atoms with Crippen LogP contribution in [0, 0.1) is 0 Å². The van der Waals surface area contributed by atoms with Crippen molar-refractivity contribution in [2.75, 3.05) is 7.11 Å². The van der Waals surface area contributed by atoms with Crippen LogP contribution < -0.4 is 0 Å². The average molecular weight is 431 g/mol. The van der Waals surface area contributed by atoms with Gasteiger partial charge in [-0.25, -0.2) is 4.79 Å². The van der Waals surface area contributed by atoms with E-state index >= 15 is 0 Å². The van der Waals surface area contributed by atoms with E-state index in [1.165, 1.54) is 45.9 Å². The Kier molecular flexibility index (Phi) is 4.62. The molecule has 0 spiro atoms. The Hall–Kier alpha value is -4.11. The lowest BCUT2D eigenvalue weighted by Gasteiger charge is -2.29. The zero-order chi connectivity index (χ0) is 22.4. The number of aryl methyl sites for hydroxylation is 1. The summed E-state index contributed by atoms with van der Waals surface area (Å²) < 4.78 is 11.1. The Morgan fingerprint density at radius 3 is 2.58 bits per heavy atom. The number of esters is 1. The molecule has 4 aromatic rings. The maximum atomic E-state index is 12.0. The van der Waals surface area contributed by atoms with Crippen molar-refractivity contribution in [2.24, 2.45) is 0 Å². The smallest absolute Gasteiger partial charge is 0.334 e. The van der Waals surface area contributed by atoms with Gasteiger partial charge < -0.3 is 9.47 Å². The molecule has 4 aromatic carbocycles. The van der Waals surface area contributed by atoms with Gasteiger partial charge >= 0.3 is 5.97 Å². The Labute approximate surface area is 192 Å². The zero-order valence-corrected chi connectivity index (χ0v) is 18.3. The van der Waals surface area contributed by atoms with E-state index in [4.69, 9.17) is 9.47 Å². The highest BCUT2D eigenvalue weighted by Gasteiger charge is 2.28. The standard InChI is InChI=1S/C30H22O3/c1-32-29(31)18-23-17-28(27-15-12-20-7-3-5-9-26(20)30(27)33-23)22-13-14-25-21(16-22)11-10-19-6-2-4-8-24(19)25/h2-11,13-14,16-18H,12,15H2,1H3/b23-18-.